The number of allylic oxidation sites excluding steroid dienone is 4. The van der Waals surface area contributed by atoms with Gasteiger partial charge in [0.25, 0.3) is 0 Å². The van der Waals surface area contributed by atoms with E-state index >= 15 is 0 Å². The number of aliphatic imine (C=N–C) groups is 1. The topological polar surface area (TPSA) is 12.4 Å². The lowest BCUT2D eigenvalue weighted by atomic mass is 9.91. The van der Waals surface area contributed by atoms with Gasteiger partial charge in [0.1, 0.15) is 0 Å². The maximum Gasteiger partial charge on any atom is 0.0749 e. The molecule has 20 heavy (non-hydrogen) atoms. The molecule has 2 aliphatic rings. The van der Waals surface area contributed by atoms with Gasteiger partial charge >= 0.3 is 0 Å². The monoisotopic (exact) mass is 257 g/mol. The van der Waals surface area contributed by atoms with Crippen LogP contribution in [0.4, 0.5) is 5.69 Å². The number of benzene rings is 2. The van der Waals surface area contributed by atoms with Crippen molar-refractivity contribution in [2.24, 2.45) is 4.99 Å². The molecular formula is C19H15N. The molecule has 1 aliphatic heterocycles. The summed E-state index contributed by atoms with van der Waals surface area (Å²) >= 11 is 0. The Hall–Kier alpha value is -2.41. The number of hydrogen-bond acceptors (Lipinski definition) is 1. The third kappa shape index (κ3) is 1.67. The van der Waals surface area contributed by atoms with Crippen LogP contribution < -0.4 is 0 Å². The van der Waals surface area contributed by atoms with Crippen LogP contribution in [-0.4, -0.2) is 6.21 Å². The highest BCUT2D eigenvalue weighted by Gasteiger charge is 2.16. The minimum Gasteiger partial charge on any atom is -0.256 e. The molecule has 0 bridgehead atoms. The number of fused-ring (bicyclic) bond motifs is 6. The molecular weight excluding hydrogens is 242 g/mol. The summed E-state index contributed by atoms with van der Waals surface area (Å²) in [6, 6.07) is 8.67. The third-order valence-corrected chi connectivity index (χ3v) is 3.96. The van der Waals surface area contributed by atoms with Gasteiger partial charge in [-0.15, -0.1) is 0 Å². The van der Waals surface area contributed by atoms with Crippen molar-refractivity contribution in [2.45, 2.75) is 12.8 Å². The molecule has 1 heterocycles. The van der Waals surface area contributed by atoms with Gasteiger partial charge in [0.15, 0.2) is 0 Å². The molecule has 0 radical (unpaired) electrons. The quantitative estimate of drug-likeness (QED) is 0.623. The zero-order chi connectivity index (χ0) is 13.4. The first-order valence-corrected chi connectivity index (χ1v) is 7.05. The Labute approximate surface area is 118 Å². The minimum absolute atomic E-state index is 0.945. The average molecular weight is 257 g/mol. The number of nitrogens with zero attached hydrogens (tertiary/aromatic N) is 1. The van der Waals surface area contributed by atoms with E-state index in [2.05, 4.69) is 54.6 Å². The van der Waals surface area contributed by atoms with Crippen LogP contribution in [0, 0.1) is 0 Å². The van der Waals surface area contributed by atoms with Gasteiger partial charge < -0.3 is 0 Å². The summed E-state index contributed by atoms with van der Waals surface area (Å²) in [5.74, 6) is 0. The molecule has 0 fully saturated rings. The highest BCUT2D eigenvalue weighted by atomic mass is 14.7. The van der Waals surface area contributed by atoms with E-state index in [1.54, 1.807) is 0 Å². The predicted octanol–water partition coefficient (Wildman–Crippen LogP) is 5.08. The Morgan fingerprint density at radius 2 is 1.65 bits per heavy atom. The number of hydrogen-bond donors (Lipinski definition) is 0. The number of rotatable bonds is 0. The van der Waals surface area contributed by atoms with E-state index in [0.717, 1.165) is 18.5 Å². The van der Waals surface area contributed by atoms with Crippen LogP contribution in [0.1, 0.15) is 23.1 Å². The van der Waals surface area contributed by atoms with E-state index in [1.165, 1.54) is 27.5 Å². The van der Waals surface area contributed by atoms with Gasteiger partial charge in [-0.2, -0.15) is 0 Å². The van der Waals surface area contributed by atoms with E-state index in [-0.39, 0.29) is 0 Å². The maximum atomic E-state index is 4.69. The standard InChI is InChI=1S/C19H15N/c1-2-8-15-14-9-4-5-10-16(14)18-12-6-7-13-20-19(18)17(15)11-3-1/h2-11,13H,1,12H2. The van der Waals surface area contributed by atoms with Crippen LogP contribution in [0.15, 0.2) is 53.6 Å². The summed E-state index contributed by atoms with van der Waals surface area (Å²) in [7, 11) is 0. The maximum absolute atomic E-state index is 4.69. The summed E-state index contributed by atoms with van der Waals surface area (Å²) in [6.07, 6.45) is 17.0. The average Bonchev–Trinajstić information content (AvgIpc) is 2.88. The second-order valence-electron chi connectivity index (χ2n) is 5.15. The van der Waals surface area contributed by atoms with Gasteiger partial charge in [0, 0.05) is 11.8 Å². The van der Waals surface area contributed by atoms with Gasteiger partial charge in [-0.3, -0.25) is 4.99 Å². The fourth-order valence-corrected chi connectivity index (χ4v) is 3.06. The first kappa shape index (κ1) is 11.4. The van der Waals surface area contributed by atoms with Crippen LogP contribution in [-0.2, 0) is 6.42 Å². The fraction of sp³-hybridized carbons (Fsp3) is 0.105. The summed E-state index contributed by atoms with van der Waals surface area (Å²) in [6.45, 7) is 0. The second kappa shape index (κ2) is 4.61. The van der Waals surface area contributed by atoms with Crippen LogP contribution in [0.5, 0.6) is 0 Å². The van der Waals surface area contributed by atoms with E-state index in [1.807, 2.05) is 12.3 Å². The summed E-state index contributed by atoms with van der Waals surface area (Å²) in [5.41, 5.74) is 5.02. The zero-order valence-corrected chi connectivity index (χ0v) is 11.2. The lowest BCUT2D eigenvalue weighted by Gasteiger charge is -2.15. The summed E-state index contributed by atoms with van der Waals surface area (Å²) in [4.78, 5) is 4.69. The Balaban J connectivity index is 2.21. The molecule has 0 atom stereocenters. The van der Waals surface area contributed by atoms with Gasteiger partial charge in [-0.1, -0.05) is 54.6 Å². The lowest BCUT2D eigenvalue weighted by Crippen LogP contribution is -1.93. The molecule has 0 amide bonds. The van der Waals surface area contributed by atoms with E-state index in [4.69, 9.17) is 4.99 Å². The Bertz CT molecular complexity index is 804. The van der Waals surface area contributed by atoms with Crippen LogP contribution in [0.25, 0.3) is 22.9 Å². The molecule has 96 valence electrons. The van der Waals surface area contributed by atoms with Crippen molar-refractivity contribution >= 4 is 34.8 Å². The van der Waals surface area contributed by atoms with Gasteiger partial charge in [-0.25, -0.2) is 0 Å². The molecule has 1 heteroatoms. The van der Waals surface area contributed by atoms with Gasteiger partial charge in [-0.05, 0) is 40.8 Å². The Kier molecular flexibility index (Phi) is 2.63. The van der Waals surface area contributed by atoms with Crippen LogP contribution in [0.2, 0.25) is 0 Å². The van der Waals surface area contributed by atoms with Crippen molar-refractivity contribution in [2.75, 3.05) is 0 Å². The first-order valence-electron chi connectivity index (χ1n) is 7.05. The molecule has 2 aromatic carbocycles. The fourth-order valence-electron chi connectivity index (χ4n) is 3.06. The van der Waals surface area contributed by atoms with Crippen molar-refractivity contribution in [3.05, 3.63) is 65.3 Å². The second-order valence-corrected chi connectivity index (χ2v) is 5.15. The molecule has 0 unspecified atom stereocenters. The van der Waals surface area contributed by atoms with Crippen molar-refractivity contribution in [3.8, 4) is 0 Å². The first-order chi connectivity index (χ1) is 9.95. The largest absolute Gasteiger partial charge is 0.256 e. The van der Waals surface area contributed by atoms with Gasteiger partial charge in [0.05, 0.1) is 5.69 Å². The summed E-state index contributed by atoms with van der Waals surface area (Å²) in [5, 5.41) is 2.65. The Morgan fingerprint density at radius 3 is 2.55 bits per heavy atom. The van der Waals surface area contributed by atoms with Crippen molar-refractivity contribution in [3.63, 3.8) is 0 Å². The van der Waals surface area contributed by atoms with E-state index in [0.29, 0.717) is 0 Å². The SMILES string of the molecule is C1=CCc2c(c3c(c4ccccc24)C=CCC=C3)N=C1. The molecule has 0 spiro atoms. The smallest absolute Gasteiger partial charge is 0.0749 e. The van der Waals surface area contributed by atoms with Crippen LogP contribution >= 0.6 is 0 Å². The van der Waals surface area contributed by atoms with E-state index in [9.17, 15) is 0 Å². The lowest BCUT2D eigenvalue weighted by molar-refractivity contribution is 1.29. The third-order valence-electron chi connectivity index (χ3n) is 3.96. The molecule has 1 nitrogen and oxygen atoms in total. The predicted molar refractivity (Wildman–Crippen MR) is 87.6 cm³/mol. The van der Waals surface area contributed by atoms with Gasteiger partial charge in [0.2, 0.25) is 0 Å². The normalized spacial score (nSPS) is 15.8. The molecule has 0 saturated carbocycles. The summed E-state index contributed by atoms with van der Waals surface area (Å²) < 4.78 is 0. The molecule has 0 saturated heterocycles. The zero-order valence-electron chi connectivity index (χ0n) is 11.2. The Morgan fingerprint density at radius 1 is 0.850 bits per heavy atom. The van der Waals surface area contributed by atoms with E-state index < -0.39 is 0 Å². The molecule has 0 aromatic heterocycles. The van der Waals surface area contributed by atoms with Crippen molar-refractivity contribution in [1.82, 2.24) is 0 Å². The highest BCUT2D eigenvalue weighted by molar-refractivity contribution is 6.02. The van der Waals surface area contributed by atoms with Crippen LogP contribution in [0.3, 0.4) is 0 Å². The minimum atomic E-state index is 0.945. The molecule has 2 aromatic rings. The molecule has 0 N–H and O–H groups in total. The van der Waals surface area contributed by atoms with Crippen molar-refractivity contribution in [1.29, 1.82) is 0 Å². The van der Waals surface area contributed by atoms with Crippen molar-refractivity contribution < 1.29 is 0 Å². The highest BCUT2D eigenvalue weighted by Crippen LogP contribution is 2.39. The molecule has 4 rings (SSSR count). The molecule has 1 aliphatic carbocycles.